The van der Waals surface area contributed by atoms with Crippen molar-refractivity contribution >= 4 is 33.5 Å². The van der Waals surface area contributed by atoms with Gasteiger partial charge in [-0.05, 0) is 38.2 Å². The Kier molecular flexibility index (Phi) is 4.79. The van der Waals surface area contributed by atoms with Crippen molar-refractivity contribution in [2.75, 3.05) is 19.5 Å². The summed E-state index contributed by atoms with van der Waals surface area (Å²) < 4.78 is 16.8. The second-order valence-corrected chi connectivity index (χ2v) is 6.81. The average Bonchev–Trinajstić information content (AvgIpc) is 3.33. The maximum atomic E-state index is 12.8. The molecule has 28 heavy (non-hydrogen) atoms. The molecule has 6 nitrogen and oxygen atoms in total. The Morgan fingerprint density at radius 3 is 2.71 bits per heavy atom. The fraction of sp³-hybridized carbons (Fsp3) is 0.227. The molecule has 4 rings (SSSR count). The quantitative estimate of drug-likeness (QED) is 0.529. The number of hydrogen-bond donors (Lipinski definition) is 1. The molecule has 0 unspecified atom stereocenters. The van der Waals surface area contributed by atoms with E-state index in [2.05, 4.69) is 5.32 Å². The minimum atomic E-state index is -0.360. The number of nitrogens with one attached hydrogen (secondary N) is 1. The van der Waals surface area contributed by atoms with E-state index >= 15 is 0 Å². The highest BCUT2D eigenvalue weighted by Gasteiger charge is 2.21. The molecule has 0 radical (unpaired) electrons. The van der Waals surface area contributed by atoms with Crippen LogP contribution in [-0.4, -0.2) is 31.0 Å². The number of anilines is 1. The zero-order chi connectivity index (χ0) is 19.7. The van der Waals surface area contributed by atoms with Crippen LogP contribution in [0.4, 0.5) is 5.69 Å². The highest BCUT2D eigenvalue weighted by atomic mass is 16.5. The normalized spacial score (nSPS) is 12.6. The number of amides is 1. The van der Waals surface area contributed by atoms with Gasteiger partial charge in [-0.25, -0.2) is 0 Å². The first kappa shape index (κ1) is 18.1. The third kappa shape index (κ3) is 3.34. The maximum absolute atomic E-state index is 12.8. The van der Waals surface area contributed by atoms with Crippen molar-refractivity contribution in [2.24, 2.45) is 0 Å². The molecule has 6 heteroatoms. The Morgan fingerprint density at radius 1 is 1.14 bits per heavy atom. The Balaban J connectivity index is 1.59. The van der Waals surface area contributed by atoms with Gasteiger partial charge < -0.3 is 18.9 Å². The molecule has 0 spiro atoms. The summed E-state index contributed by atoms with van der Waals surface area (Å²) in [6.07, 6.45) is 1.63. The highest BCUT2D eigenvalue weighted by Crippen LogP contribution is 2.36. The molecule has 4 aromatic rings. The molecule has 2 aromatic carbocycles. The Bertz CT molecular complexity index is 1110. The van der Waals surface area contributed by atoms with Crippen LogP contribution >= 0.6 is 0 Å². The molecule has 1 N–H and O–H groups in total. The minimum Gasteiger partial charge on any atom is -0.495 e. The van der Waals surface area contributed by atoms with E-state index in [1.165, 1.54) is 0 Å². The predicted molar refractivity (Wildman–Crippen MR) is 109 cm³/mol. The van der Waals surface area contributed by atoms with Gasteiger partial charge in [0, 0.05) is 16.8 Å². The van der Waals surface area contributed by atoms with Crippen LogP contribution in [0, 0.1) is 0 Å². The van der Waals surface area contributed by atoms with Crippen molar-refractivity contribution in [3.63, 3.8) is 0 Å². The van der Waals surface area contributed by atoms with Gasteiger partial charge in [0.2, 0.25) is 5.91 Å². The van der Waals surface area contributed by atoms with Crippen LogP contribution in [0.1, 0.15) is 12.7 Å². The molecular weight excluding hydrogens is 356 g/mol. The number of methoxy groups -OCH3 is 1. The molecule has 0 fully saturated rings. The van der Waals surface area contributed by atoms with E-state index in [0.717, 1.165) is 22.1 Å². The van der Waals surface area contributed by atoms with E-state index in [9.17, 15) is 4.79 Å². The number of carbonyl (C=O) groups excluding carboxylic acids is 1. The number of nitrogens with zero attached hydrogens (tertiary/aromatic N) is 1. The summed E-state index contributed by atoms with van der Waals surface area (Å²) in [5, 5.41) is 4.93. The molecule has 0 aliphatic heterocycles. The maximum Gasteiger partial charge on any atom is 0.241 e. The number of furan rings is 2. The standard InChI is InChI=1S/C22H22N2O4/c1-14(24(2)13-15-7-6-10-27-15)22(25)23-18-12-20-17(11-21(18)26-3)16-8-4-5-9-19(16)28-20/h4-12,14H,13H2,1-3H3,(H,23,25)/t14-/m0/s1. The summed E-state index contributed by atoms with van der Waals surface area (Å²) in [7, 11) is 3.47. The molecule has 0 aliphatic carbocycles. The Morgan fingerprint density at radius 2 is 1.96 bits per heavy atom. The summed E-state index contributed by atoms with van der Waals surface area (Å²) in [5.41, 5.74) is 2.08. The monoisotopic (exact) mass is 378 g/mol. The lowest BCUT2D eigenvalue weighted by Crippen LogP contribution is -2.39. The summed E-state index contributed by atoms with van der Waals surface area (Å²) in [5.74, 6) is 1.26. The van der Waals surface area contributed by atoms with Crippen LogP contribution in [0.2, 0.25) is 0 Å². The van der Waals surface area contributed by atoms with Crippen LogP contribution in [0.5, 0.6) is 5.75 Å². The van der Waals surface area contributed by atoms with E-state index in [-0.39, 0.29) is 11.9 Å². The molecule has 1 atom stereocenters. The van der Waals surface area contributed by atoms with Gasteiger partial charge in [0.1, 0.15) is 22.7 Å². The molecule has 144 valence electrons. The molecular formula is C22H22N2O4. The molecule has 0 saturated carbocycles. The van der Waals surface area contributed by atoms with Gasteiger partial charge in [-0.3, -0.25) is 9.69 Å². The number of hydrogen-bond acceptors (Lipinski definition) is 5. The number of fused-ring (bicyclic) bond motifs is 3. The number of likely N-dealkylation sites (N-methyl/N-ethyl adjacent to an activating group) is 1. The van der Waals surface area contributed by atoms with E-state index in [1.54, 1.807) is 13.4 Å². The smallest absolute Gasteiger partial charge is 0.241 e. The van der Waals surface area contributed by atoms with Crippen LogP contribution in [-0.2, 0) is 11.3 Å². The molecule has 0 aliphatic rings. The van der Waals surface area contributed by atoms with Gasteiger partial charge in [-0.1, -0.05) is 18.2 Å². The van der Waals surface area contributed by atoms with Crippen LogP contribution < -0.4 is 10.1 Å². The largest absolute Gasteiger partial charge is 0.495 e. The lowest BCUT2D eigenvalue weighted by atomic mass is 10.1. The second kappa shape index (κ2) is 7.40. The van der Waals surface area contributed by atoms with Crippen LogP contribution in [0.25, 0.3) is 21.9 Å². The van der Waals surface area contributed by atoms with Crippen molar-refractivity contribution in [1.82, 2.24) is 4.90 Å². The molecule has 2 aromatic heterocycles. The van der Waals surface area contributed by atoms with Crippen LogP contribution in [0.3, 0.4) is 0 Å². The second-order valence-electron chi connectivity index (χ2n) is 6.81. The van der Waals surface area contributed by atoms with E-state index in [1.807, 2.05) is 67.4 Å². The fourth-order valence-corrected chi connectivity index (χ4v) is 3.24. The van der Waals surface area contributed by atoms with Gasteiger partial charge >= 0.3 is 0 Å². The summed E-state index contributed by atoms with van der Waals surface area (Å²) in [4.78, 5) is 14.7. The van der Waals surface area contributed by atoms with E-state index < -0.39 is 0 Å². The lowest BCUT2D eigenvalue weighted by molar-refractivity contribution is -0.120. The van der Waals surface area contributed by atoms with Crippen LogP contribution in [0.15, 0.2) is 63.6 Å². The van der Waals surface area contributed by atoms with Gasteiger partial charge in [0.15, 0.2) is 0 Å². The SMILES string of the molecule is COc1cc2c(cc1NC(=O)[C@H](C)N(C)Cc1ccco1)oc1ccccc12. The minimum absolute atomic E-state index is 0.136. The van der Waals surface area contributed by atoms with Crippen molar-refractivity contribution < 1.29 is 18.4 Å². The van der Waals surface area contributed by atoms with E-state index in [4.69, 9.17) is 13.6 Å². The van der Waals surface area contributed by atoms with Crippen molar-refractivity contribution in [3.8, 4) is 5.75 Å². The average molecular weight is 378 g/mol. The first-order valence-corrected chi connectivity index (χ1v) is 9.09. The zero-order valence-electron chi connectivity index (χ0n) is 16.1. The van der Waals surface area contributed by atoms with Crippen molar-refractivity contribution in [2.45, 2.75) is 19.5 Å². The molecule has 0 saturated heterocycles. The van der Waals surface area contributed by atoms with Gasteiger partial charge in [-0.2, -0.15) is 0 Å². The number of carbonyl (C=O) groups is 1. The fourth-order valence-electron chi connectivity index (χ4n) is 3.24. The highest BCUT2D eigenvalue weighted by molar-refractivity contribution is 6.08. The van der Waals surface area contributed by atoms with Gasteiger partial charge in [0.25, 0.3) is 0 Å². The third-order valence-corrected chi connectivity index (χ3v) is 4.98. The third-order valence-electron chi connectivity index (χ3n) is 4.98. The molecule has 2 heterocycles. The first-order chi connectivity index (χ1) is 13.6. The summed E-state index contributed by atoms with van der Waals surface area (Å²) >= 11 is 0. The molecule has 1 amide bonds. The topological polar surface area (TPSA) is 67.8 Å². The zero-order valence-corrected chi connectivity index (χ0v) is 16.1. The summed E-state index contributed by atoms with van der Waals surface area (Å²) in [6.45, 7) is 2.39. The molecule has 0 bridgehead atoms. The Labute approximate surface area is 162 Å². The van der Waals surface area contributed by atoms with Gasteiger partial charge in [-0.15, -0.1) is 0 Å². The number of rotatable bonds is 6. The predicted octanol–water partition coefficient (Wildman–Crippen LogP) is 4.65. The van der Waals surface area contributed by atoms with Crippen molar-refractivity contribution in [1.29, 1.82) is 0 Å². The number of para-hydroxylation sites is 1. The van der Waals surface area contributed by atoms with Gasteiger partial charge in [0.05, 0.1) is 31.6 Å². The number of ether oxygens (including phenoxy) is 1. The number of benzene rings is 2. The van der Waals surface area contributed by atoms with E-state index in [0.29, 0.717) is 23.6 Å². The Hall–Kier alpha value is -3.25. The lowest BCUT2D eigenvalue weighted by Gasteiger charge is -2.23. The van der Waals surface area contributed by atoms with Crippen molar-refractivity contribution in [3.05, 3.63) is 60.6 Å². The first-order valence-electron chi connectivity index (χ1n) is 9.09. The summed E-state index contributed by atoms with van der Waals surface area (Å²) in [6, 6.07) is 14.9.